The van der Waals surface area contributed by atoms with Crippen molar-refractivity contribution in [2.75, 3.05) is 13.7 Å². The van der Waals surface area contributed by atoms with Crippen LogP contribution in [-0.4, -0.2) is 19.7 Å². The Morgan fingerprint density at radius 3 is 2.50 bits per heavy atom. The van der Waals surface area contributed by atoms with Gasteiger partial charge in [0.1, 0.15) is 5.75 Å². The normalized spacial score (nSPS) is 17.9. The van der Waals surface area contributed by atoms with Crippen LogP contribution in [0.4, 0.5) is 0 Å². The third-order valence-electron chi connectivity index (χ3n) is 3.30. The summed E-state index contributed by atoms with van der Waals surface area (Å²) < 4.78 is 5.14. The van der Waals surface area contributed by atoms with Crippen LogP contribution in [0.2, 0.25) is 0 Å². The lowest BCUT2D eigenvalue weighted by Gasteiger charge is -2.31. The van der Waals surface area contributed by atoms with Gasteiger partial charge in [-0.3, -0.25) is 0 Å². The van der Waals surface area contributed by atoms with Crippen LogP contribution < -0.4 is 15.8 Å². The van der Waals surface area contributed by atoms with E-state index in [1.807, 2.05) is 12.1 Å². The van der Waals surface area contributed by atoms with Gasteiger partial charge >= 0.3 is 0 Å². The number of hydrogen-bond acceptors (Lipinski definition) is 3. The van der Waals surface area contributed by atoms with E-state index < -0.39 is 0 Å². The zero-order valence-corrected chi connectivity index (χ0v) is 9.78. The molecule has 16 heavy (non-hydrogen) atoms. The SMILES string of the molecule is COc1ccc(C(CN)NC2CCC2)cc1. The number of nitrogens with one attached hydrogen (secondary N) is 1. The zero-order chi connectivity index (χ0) is 11.4. The summed E-state index contributed by atoms with van der Waals surface area (Å²) in [5.74, 6) is 0.892. The van der Waals surface area contributed by atoms with Crippen molar-refractivity contribution in [1.29, 1.82) is 0 Å². The Labute approximate surface area is 97.0 Å². The first-order valence-corrected chi connectivity index (χ1v) is 5.93. The highest BCUT2D eigenvalue weighted by atomic mass is 16.5. The molecule has 0 radical (unpaired) electrons. The highest BCUT2D eigenvalue weighted by Crippen LogP contribution is 2.23. The van der Waals surface area contributed by atoms with E-state index in [0.29, 0.717) is 12.6 Å². The maximum Gasteiger partial charge on any atom is 0.118 e. The molecule has 1 aromatic rings. The molecule has 0 aromatic heterocycles. The van der Waals surface area contributed by atoms with E-state index in [1.54, 1.807) is 7.11 Å². The van der Waals surface area contributed by atoms with Gasteiger partial charge in [0, 0.05) is 18.6 Å². The minimum atomic E-state index is 0.274. The summed E-state index contributed by atoms with van der Waals surface area (Å²) in [5, 5.41) is 3.59. The number of rotatable bonds is 5. The number of nitrogens with two attached hydrogens (primary N) is 1. The quantitative estimate of drug-likeness (QED) is 0.796. The summed E-state index contributed by atoms with van der Waals surface area (Å²) in [6, 6.07) is 9.08. The van der Waals surface area contributed by atoms with Crippen LogP contribution in [0.1, 0.15) is 30.9 Å². The molecule has 0 aliphatic heterocycles. The van der Waals surface area contributed by atoms with E-state index in [9.17, 15) is 0 Å². The Balaban J connectivity index is 2.00. The van der Waals surface area contributed by atoms with Crippen LogP contribution in [0.3, 0.4) is 0 Å². The van der Waals surface area contributed by atoms with Gasteiger partial charge in [0.05, 0.1) is 7.11 Å². The third-order valence-corrected chi connectivity index (χ3v) is 3.30. The van der Waals surface area contributed by atoms with Crippen LogP contribution >= 0.6 is 0 Å². The standard InChI is InChI=1S/C13H20N2O/c1-16-12-7-5-10(6-8-12)13(9-14)15-11-3-2-4-11/h5-8,11,13,15H,2-4,9,14H2,1H3. The fourth-order valence-electron chi connectivity index (χ4n) is 2.00. The molecule has 1 atom stereocenters. The number of hydrogen-bond donors (Lipinski definition) is 2. The highest BCUT2D eigenvalue weighted by molar-refractivity contribution is 5.29. The molecule has 0 bridgehead atoms. The topological polar surface area (TPSA) is 47.3 Å². The van der Waals surface area contributed by atoms with Gasteiger partial charge < -0.3 is 15.8 Å². The minimum Gasteiger partial charge on any atom is -0.497 e. The summed E-state index contributed by atoms with van der Waals surface area (Å²) in [7, 11) is 1.68. The van der Waals surface area contributed by atoms with Crippen LogP contribution in [-0.2, 0) is 0 Å². The molecule has 0 heterocycles. The first-order valence-electron chi connectivity index (χ1n) is 5.93. The summed E-state index contributed by atoms with van der Waals surface area (Å²) in [5.41, 5.74) is 7.05. The fourth-order valence-corrected chi connectivity index (χ4v) is 2.00. The van der Waals surface area contributed by atoms with E-state index in [0.717, 1.165) is 5.75 Å². The first kappa shape index (κ1) is 11.4. The Kier molecular flexibility index (Phi) is 3.80. The van der Waals surface area contributed by atoms with Crippen LogP contribution in [0.15, 0.2) is 24.3 Å². The summed E-state index contributed by atoms with van der Waals surface area (Å²) >= 11 is 0. The summed E-state index contributed by atoms with van der Waals surface area (Å²) in [6.07, 6.45) is 3.91. The van der Waals surface area contributed by atoms with Crippen LogP contribution in [0.5, 0.6) is 5.75 Å². The third kappa shape index (κ3) is 2.54. The second-order valence-electron chi connectivity index (χ2n) is 4.36. The molecule has 0 saturated heterocycles. The van der Waals surface area contributed by atoms with E-state index in [-0.39, 0.29) is 6.04 Å². The largest absolute Gasteiger partial charge is 0.497 e. The molecule has 0 amide bonds. The smallest absolute Gasteiger partial charge is 0.118 e. The average Bonchev–Trinajstić information content (AvgIpc) is 2.28. The van der Waals surface area contributed by atoms with Gasteiger partial charge in [-0.15, -0.1) is 0 Å². The number of methoxy groups -OCH3 is 1. The van der Waals surface area contributed by atoms with E-state index in [4.69, 9.17) is 10.5 Å². The molecule has 1 aliphatic rings. The molecule has 3 heteroatoms. The summed E-state index contributed by atoms with van der Waals surface area (Å²) in [6.45, 7) is 0.642. The molecular formula is C13H20N2O. The second kappa shape index (κ2) is 5.32. The van der Waals surface area contributed by atoms with Crippen molar-refractivity contribution in [3.8, 4) is 5.75 Å². The van der Waals surface area contributed by atoms with E-state index in [1.165, 1.54) is 24.8 Å². The first-order chi connectivity index (χ1) is 7.83. The van der Waals surface area contributed by atoms with Gasteiger partial charge in [0.2, 0.25) is 0 Å². The Hall–Kier alpha value is -1.06. The van der Waals surface area contributed by atoms with E-state index >= 15 is 0 Å². The van der Waals surface area contributed by atoms with Crippen LogP contribution in [0, 0.1) is 0 Å². The summed E-state index contributed by atoms with van der Waals surface area (Å²) in [4.78, 5) is 0. The van der Waals surface area contributed by atoms with Crippen molar-refractivity contribution in [3.63, 3.8) is 0 Å². The Morgan fingerprint density at radius 2 is 2.06 bits per heavy atom. The van der Waals surface area contributed by atoms with Crippen molar-refractivity contribution in [2.45, 2.75) is 31.3 Å². The van der Waals surface area contributed by atoms with Gasteiger partial charge in [-0.25, -0.2) is 0 Å². The zero-order valence-electron chi connectivity index (χ0n) is 9.78. The van der Waals surface area contributed by atoms with Gasteiger partial charge in [0.15, 0.2) is 0 Å². The molecule has 1 unspecified atom stereocenters. The molecule has 1 fully saturated rings. The molecule has 1 aromatic carbocycles. The van der Waals surface area contributed by atoms with Crippen LogP contribution in [0.25, 0.3) is 0 Å². The number of benzene rings is 1. The molecule has 3 nitrogen and oxygen atoms in total. The molecule has 0 spiro atoms. The van der Waals surface area contributed by atoms with Crippen molar-refractivity contribution in [3.05, 3.63) is 29.8 Å². The average molecular weight is 220 g/mol. The van der Waals surface area contributed by atoms with Crippen molar-refractivity contribution < 1.29 is 4.74 Å². The van der Waals surface area contributed by atoms with Gasteiger partial charge in [-0.2, -0.15) is 0 Å². The van der Waals surface area contributed by atoms with Gasteiger partial charge in [-0.1, -0.05) is 18.6 Å². The lowest BCUT2D eigenvalue weighted by molar-refractivity contribution is 0.307. The lowest BCUT2D eigenvalue weighted by Crippen LogP contribution is -2.40. The lowest BCUT2D eigenvalue weighted by atomic mass is 9.91. The Morgan fingerprint density at radius 1 is 1.38 bits per heavy atom. The maximum absolute atomic E-state index is 5.81. The van der Waals surface area contributed by atoms with Crippen molar-refractivity contribution in [2.24, 2.45) is 5.73 Å². The molecule has 1 saturated carbocycles. The predicted octanol–water partition coefficient (Wildman–Crippen LogP) is 1.84. The van der Waals surface area contributed by atoms with Gasteiger partial charge in [-0.05, 0) is 30.5 Å². The molecule has 2 rings (SSSR count). The second-order valence-corrected chi connectivity index (χ2v) is 4.36. The fraction of sp³-hybridized carbons (Fsp3) is 0.538. The molecule has 88 valence electrons. The Bertz CT molecular complexity index is 319. The highest BCUT2D eigenvalue weighted by Gasteiger charge is 2.21. The molecule has 3 N–H and O–H groups in total. The van der Waals surface area contributed by atoms with Crippen molar-refractivity contribution in [1.82, 2.24) is 5.32 Å². The minimum absolute atomic E-state index is 0.274. The maximum atomic E-state index is 5.81. The number of ether oxygens (including phenoxy) is 1. The van der Waals surface area contributed by atoms with Gasteiger partial charge in [0.25, 0.3) is 0 Å². The molecule has 1 aliphatic carbocycles. The van der Waals surface area contributed by atoms with E-state index in [2.05, 4.69) is 17.4 Å². The molecular weight excluding hydrogens is 200 g/mol. The monoisotopic (exact) mass is 220 g/mol. The van der Waals surface area contributed by atoms with Crippen molar-refractivity contribution >= 4 is 0 Å². The predicted molar refractivity (Wildman–Crippen MR) is 65.6 cm³/mol.